The molecule has 1 N–H and O–H groups in total. The van der Waals surface area contributed by atoms with E-state index in [2.05, 4.69) is 5.32 Å². The van der Waals surface area contributed by atoms with Crippen LogP contribution >= 0.6 is 11.6 Å². The first-order chi connectivity index (χ1) is 17.9. The van der Waals surface area contributed by atoms with Gasteiger partial charge in [-0.1, -0.05) is 67.1 Å². The average Bonchev–Trinajstić information content (AvgIpc) is 2.91. The molecule has 0 aromatic heterocycles. The predicted molar refractivity (Wildman–Crippen MR) is 145 cm³/mol. The molecular formula is C30H34ClFN2O3. The van der Waals surface area contributed by atoms with Crippen LogP contribution in [0.1, 0.15) is 44.2 Å². The molecule has 3 aromatic rings. The van der Waals surface area contributed by atoms with Crippen LogP contribution in [0.2, 0.25) is 5.02 Å². The second-order valence-corrected chi connectivity index (χ2v) is 9.48. The Hall–Kier alpha value is -3.38. The summed E-state index contributed by atoms with van der Waals surface area (Å²) in [5.41, 5.74) is 1.28. The maximum absolute atomic E-state index is 14.6. The first kappa shape index (κ1) is 28.2. The van der Waals surface area contributed by atoms with Crippen molar-refractivity contribution in [2.75, 3.05) is 6.61 Å². The molecule has 2 amide bonds. The van der Waals surface area contributed by atoms with Gasteiger partial charge in [0, 0.05) is 36.0 Å². The van der Waals surface area contributed by atoms with Gasteiger partial charge in [0.15, 0.2) is 0 Å². The van der Waals surface area contributed by atoms with E-state index in [0.29, 0.717) is 35.8 Å². The molecule has 3 aromatic carbocycles. The quantitative estimate of drug-likeness (QED) is 0.271. The number of nitrogens with one attached hydrogen (secondary N) is 1. The number of nitrogens with zero attached hydrogens (tertiary/aromatic N) is 1. The van der Waals surface area contributed by atoms with E-state index in [1.165, 1.54) is 11.0 Å². The zero-order chi connectivity index (χ0) is 26.6. The third-order valence-electron chi connectivity index (χ3n) is 6.19. The third-order valence-corrected chi connectivity index (χ3v) is 6.44. The summed E-state index contributed by atoms with van der Waals surface area (Å²) in [6, 6.07) is 22.1. The maximum atomic E-state index is 14.6. The highest BCUT2D eigenvalue weighted by atomic mass is 35.5. The summed E-state index contributed by atoms with van der Waals surface area (Å²) in [6.07, 6.45) is 1.68. The monoisotopic (exact) mass is 524 g/mol. The molecule has 0 heterocycles. The lowest BCUT2D eigenvalue weighted by Crippen LogP contribution is -2.52. The van der Waals surface area contributed by atoms with Gasteiger partial charge in [0.05, 0.1) is 6.61 Å². The normalized spacial score (nSPS) is 12.4. The number of halogens is 2. The summed E-state index contributed by atoms with van der Waals surface area (Å²) in [5, 5.41) is 3.63. The van der Waals surface area contributed by atoms with Crippen molar-refractivity contribution in [2.24, 2.45) is 0 Å². The van der Waals surface area contributed by atoms with Crippen molar-refractivity contribution in [1.29, 1.82) is 0 Å². The molecule has 0 saturated heterocycles. The van der Waals surface area contributed by atoms with Gasteiger partial charge in [-0.3, -0.25) is 9.59 Å². The Morgan fingerprint density at radius 1 is 1.00 bits per heavy atom. The van der Waals surface area contributed by atoms with Gasteiger partial charge in [-0.15, -0.1) is 0 Å². The highest BCUT2D eigenvalue weighted by Gasteiger charge is 2.31. The number of hydrogen-bond donors (Lipinski definition) is 1. The van der Waals surface area contributed by atoms with Gasteiger partial charge in [0.2, 0.25) is 11.8 Å². The van der Waals surface area contributed by atoms with Crippen LogP contribution in [-0.4, -0.2) is 35.4 Å². The average molecular weight is 525 g/mol. The van der Waals surface area contributed by atoms with Gasteiger partial charge in [0.1, 0.15) is 17.6 Å². The molecule has 0 aliphatic rings. The number of hydrogen-bond acceptors (Lipinski definition) is 3. The largest absolute Gasteiger partial charge is 0.494 e. The number of rotatable bonds is 13. The van der Waals surface area contributed by atoms with Gasteiger partial charge >= 0.3 is 0 Å². The molecule has 2 unspecified atom stereocenters. The fourth-order valence-corrected chi connectivity index (χ4v) is 4.02. The summed E-state index contributed by atoms with van der Waals surface area (Å²) in [6.45, 7) is 4.23. The van der Waals surface area contributed by atoms with Crippen molar-refractivity contribution in [3.8, 4) is 5.75 Å². The first-order valence-electron chi connectivity index (χ1n) is 12.6. The van der Waals surface area contributed by atoms with E-state index < -0.39 is 11.9 Å². The topological polar surface area (TPSA) is 58.6 Å². The van der Waals surface area contributed by atoms with Crippen LogP contribution in [0.5, 0.6) is 5.75 Å². The predicted octanol–water partition coefficient (Wildman–Crippen LogP) is 6.19. The summed E-state index contributed by atoms with van der Waals surface area (Å²) in [5.74, 6) is -0.231. The van der Waals surface area contributed by atoms with Crippen molar-refractivity contribution in [1.82, 2.24) is 10.2 Å². The molecule has 0 radical (unpaired) electrons. The smallest absolute Gasteiger partial charge is 0.243 e. The minimum Gasteiger partial charge on any atom is -0.494 e. The molecule has 0 aliphatic heterocycles. The molecule has 0 aliphatic carbocycles. The van der Waals surface area contributed by atoms with Gasteiger partial charge < -0.3 is 15.0 Å². The van der Waals surface area contributed by atoms with Crippen LogP contribution in [-0.2, 0) is 22.6 Å². The third kappa shape index (κ3) is 8.90. The fraction of sp³-hybridized carbons (Fsp3) is 0.333. The number of carbonyl (C=O) groups is 2. The zero-order valence-electron chi connectivity index (χ0n) is 21.3. The van der Waals surface area contributed by atoms with Crippen LogP contribution in [0.4, 0.5) is 4.39 Å². The second kappa shape index (κ2) is 14.4. The van der Waals surface area contributed by atoms with Crippen LogP contribution in [0, 0.1) is 5.82 Å². The minimum atomic E-state index is -0.791. The Morgan fingerprint density at radius 2 is 1.68 bits per heavy atom. The van der Waals surface area contributed by atoms with Crippen molar-refractivity contribution >= 4 is 23.4 Å². The van der Waals surface area contributed by atoms with Gasteiger partial charge in [-0.25, -0.2) is 4.39 Å². The summed E-state index contributed by atoms with van der Waals surface area (Å²) >= 11 is 5.92. The van der Waals surface area contributed by atoms with Gasteiger partial charge in [0.25, 0.3) is 0 Å². The molecule has 3 rings (SSSR count). The molecular weight excluding hydrogens is 491 g/mol. The molecule has 0 spiro atoms. The second-order valence-electron chi connectivity index (χ2n) is 9.04. The Morgan fingerprint density at radius 3 is 2.35 bits per heavy atom. The van der Waals surface area contributed by atoms with E-state index in [0.717, 1.165) is 12.0 Å². The minimum absolute atomic E-state index is 0.00499. The maximum Gasteiger partial charge on any atom is 0.243 e. The fourth-order valence-electron chi connectivity index (χ4n) is 3.89. The molecule has 7 heteroatoms. The van der Waals surface area contributed by atoms with Crippen molar-refractivity contribution in [3.05, 3.63) is 101 Å². The summed E-state index contributed by atoms with van der Waals surface area (Å²) < 4.78 is 20.4. The lowest BCUT2D eigenvalue weighted by Gasteiger charge is -2.32. The van der Waals surface area contributed by atoms with E-state index in [1.54, 1.807) is 42.5 Å². The van der Waals surface area contributed by atoms with Crippen molar-refractivity contribution in [3.63, 3.8) is 0 Å². The Labute approximate surface area is 223 Å². The number of ether oxygens (including phenoxy) is 1. The SMILES string of the molecule is CCC(C)NC(=O)C(Cc1ccccc1)N(Cc1ccccc1F)C(=O)CCCOc1ccc(Cl)cc1. The van der Waals surface area contributed by atoms with E-state index in [-0.39, 0.29) is 30.8 Å². The molecule has 0 saturated carbocycles. The number of benzene rings is 3. The molecule has 0 bridgehead atoms. The van der Waals surface area contributed by atoms with Crippen LogP contribution in [0.3, 0.4) is 0 Å². The van der Waals surface area contributed by atoms with Crippen LogP contribution in [0.15, 0.2) is 78.9 Å². The Balaban J connectivity index is 1.80. The highest BCUT2D eigenvalue weighted by molar-refractivity contribution is 6.30. The zero-order valence-corrected chi connectivity index (χ0v) is 22.1. The lowest BCUT2D eigenvalue weighted by molar-refractivity contribution is -0.141. The van der Waals surface area contributed by atoms with Crippen molar-refractivity contribution in [2.45, 2.75) is 58.2 Å². The van der Waals surface area contributed by atoms with Crippen LogP contribution < -0.4 is 10.1 Å². The molecule has 0 fully saturated rings. The van der Waals surface area contributed by atoms with E-state index in [9.17, 15) is 14.0 Å². The Kier molecular flexibility index (Phi) is 11.0. The summed E-state index contributed by atoms with van der Waals surface area (Å²) in [4.78, 5) is 28.5. The van der Waals surface area contributed by atoms with Gasteiger partial charge in [-0.2, -0.15) is 0 Å². The van der Waals surface area contributed by atoms with E-state index in [4.69, 9.17) is 16.3 Å². The summed E-state index contributed by atoms with van der Waals surface area (Å²) in [7, 11) is 0. The first-order valence-corrected chi connectivity index (χ1v) is 13.0. The standard InChI is InChI=1S/C30H34ClFN2O3/c1-3-22(2)33-30(36)28(20-23-10-5-4-6-11-23)34(21-24-12-7-8-13-27(24)32)29(35)14-9-19-37-26-17-15-25(31)16-18-26/h4-8,10-13,15-18,22,28H,3,9,14,19-21H2,1-2H3,(H,33,36). The van der Waals surface area contributed by atoms with Crippen molar-refractivity contribution < 1.29 is 18.7 Å². The van der Waals surface area contributed by atoms with Crippen LogP contribution in [0.25, 0.3) is 0 Å². The number of amides is 2. The lowest BCUT2D eigenvalue weighted by atomic mass is 10.0. The van der Waals surface area contributed by atoms with E-state index in [1.807, 2.05) is 44.2 Å². The molecule has 196 valence electrons. The van der Waals surface area contributed by atoms with E-state index >= 15 is 0 Å². The molecule has 2 atom stereocenters. The molecule has 5 nitrogen and oxygen atoms in total. The highest BCUT2D eigenvalue weighted by Crippen LogP contribution is 2.19. The Bertz CT molecular complexity index is 1140. The molecule has 37 heavy (non-hydrogen) atoms. The van der Waals surface area contributed by atoms with Gasteiger partial charge in [-0.05, 0) is 55.7 Å². The number of carbonyl (C=O) groups excluding carboxylic acids is 2.